The summed E-state index contributed by atoms with van der Waals surface area (Å²) in [7, 11) is 4.90. The molecule has 0 atom stereocenters. The Morgan fingerprint density at radius 3 is 2.56 bits per heavy atom. The Morgan fingerprint density at radius 1 is 1.06 bits per heavy atom. The van der Waals surface area contributed by atoms with Crippen molar-refractivity contribution < 1.29 is 14.3 Å². The molecule has 4 aromatic heterocycles. The van der Waals surface area contributed by atoms with E-state index in [-0.39, 0.29) is 5.69 Å². The van der Waals surface area contributed by atoms with Crippen molar-refractivity contribution in [3.63, 3.8) is 0 Å². The van der Waals surface area contributed by atoms with Crippen molar-refractivity contribution in [2.75, 3.05) is 7.11 Å². The summed E-state index contributed by atoms with van der Waals surface area (Å²) in [4.78, 5) is 21.7. The molecular weight excluding hydrogens is 460 g/mol. The lowest BCUT2D eigenvalue weighted by molar-refractivity contribution is 0.0594. The van der Waals surface area contributed by atoms with Crippen LogP contribution in [0.2, 0.25) is 0 Å². The normalized spacial score (nSPS) is 11.2. The number of ether oxygens (including phenoxy) is 2. The summed E-state index contributed by atoms with van der Waals surface area (Å²) in [5, 5.41) is 14.4. The minimum absolute atomic E-state index is 0.162. The van der Waals surface area contributed by atoms with Gasteiger partial charge in [0, 0.05) is 26.0 Å². The van der Waals surface area contributed by atoms with E-state index in [1.807, 2.05) is 48.9 Å². The number of nitrogens with zero attached hydrogens (tertiary/aromatic N) is 8. The van der Waals surface area contributed by atoms with Crippen molar-refractivity contribution in [2.45, 2.75) is 27.0 Å². The Labute approximate surface area is 207 Å². The predicted octanol–water partition coefficient (Wildman–Crippen LogP) is 3.32. The second kappa shape index (κ2) is 9.25. The van der Waals surface area contributed by atoms with E-state index in [4.69, 9.17) is 14.5 Å². The number of pyridine rings is 1. The van der Waals surface area contributed by atoms with E-state index in [1.54, 1.807) is 35.7 Å². The number of fused-ring (bicyclic) bond motifs is 1. The molecule has 0 aliphatic rings. The third-order valence-corrected chi connectivity index (χ3v) is 5.92. The van der Waals surface area contributed by atoms with Gasteiger partial charge in [-0.15, -0.1) is 5.10 Å². The van der Waals surface area contributed by atoms with E-state index in [0.717, 1.165) is 22.2 Å². The Hall–Kier alpha value is -4.54. The third-order valence-electron chi connectivity index (χ3n) is 5.92. The van der Waals surface area contributed by atoms with Crippen LogP contribution in [-0.2, 0) is 32.0 Å². The average Bonchev–Trinajstić information content (AvgIpc) is 3.56. The number of carbonyl (C=O) groups excluding carboxylic acids is 1. The van der Waals surface area contributed by atoms with Crippen molar-refractivity contribution in [1.82, 2.24) is 39.3 Å². The molecule has 0 spiro atoms. The molecule has 0 unspecified atom stereocenters. The van der Waals surface area contributed by atoms with Crippen molar-refractivity contribution in [3.05, 3.63) is 59.5 Å². The number of carbonyl (C=O) groups is 1. The fraction of sp³-hybridized carbons (Fsp3) is 0.280. The molecule has 0 radical (unpaired) electrons. The van der Waals surface area contributed by atoms with Crippen LogP contribution in [0, 0.1) is 6.92 Å². The highest BCUT2D eigenvalue weighted by Crippen LogP contribution is 2.34. The van der Waals surface area contributed by atoms with Crippen LogP contribution in [0.4, 0.5) is 0 Å². The molecule has 0 aliphatic heterocycles. The van der Waals surface area contributed by atoms with Gasteiger partial charge in [0.25, 0.3) is 0 Å². The van der Waals surface area contributed by atoms with Crippen LogP contribution in [0.25, 0.3) is 33.9 Å². The number of hydrogen-bond donors (Lipinski definition) is 0. The summed E-state index contributed by atoms with van der Waals surface area (Å²) in [5.74, 6) is 1.00. The number of hydrogen-bond acceptors (Lipinski definition) is 8. The summed E-state index contributed by atoms with van der Waals surface area (Å²) in [5.41, 5.74) is 3.84. The topological polar surface area (TPSA) is 115 Å². The fourth-order valence-corrected chi connectivity index (χ4v) is 4.13. The monoisotopic (exact) mass is 486 g/mol. The largest absolute Gasteiger partial charge is 0.485 e. The number of aryl methyl sites for hydroxylation is 4. The van der Waals surface area contributed by atoms with Gasteiger partial charge in [-0.05, 0) is 25.5 Å². The molecule has 5 aromatic rings. The Morgan fingerprint density at radius 2 is 1.83 bits per heavy atom. The molecule has 11 nitrogen and oxygen atoms in total. The molecule has 36 heavy (non-hydrogen) atoms. The highest BCUT2D eigenvalue weighted by atomic mass is 16.5. The minimum atomic E-state index is -0.543. The van der Waals surface area contributed by atoms with Crippen LogP contribution in [0.5, 0.6) is 5.75 Å². The zero-order valence-electron chi connectivity index (χ0n) is 20.8. The number of methoxy groups -OCH3 is 1. The molecule has 0 fully saturated rings. The van der Waals surface area contributed by atoms with E-state index < -0.39 is 5.97 Å². The summed E-state index contributed by atoms with van der Waals surface area (Å²) < 4.78 is 16.3. The molecule has 0 aliphatic carbocycles. The standard InChI is InChI=1S/C25H26N8O3/c1-6-33-21(22(15(2)29-33)36-14-16-10-8-7-9-11-16)23-28-24(32(4)30-23)20-17-13-26-31(3)19(17)12-18(27-20)25(34)35-5/h7-13H,6,14H2,1-5H3. The van der Waals surface area contributed by atoms with Crippen molar-refractivity contribution >= 4 is 16.9 Å². The zero-order chi connectivity index (χ0) is 25.4. The van der Waals surface area contributed by atoms with Crippen LogP contribution < -0.4 is 4.74 Å². The van der Waals surface area contributed by atoms with E-state index >= 15 is 0 Å². The van der Waals surface area contributed by atoms with Gasteiger partial charge in [0.15, 0.2) is 17.3 Å². The molecule has 4 heterocycles. The maximum Gasteiger partial charge on any atom is 0.356 e. The molecule has 0 amide bonds. The lowest BCUT2D eigenvalue weighted by atomic mass is 10.2. The lowest BCUT2D eigenvalue weighted by Crippen LogP contribution is -2.07. The van der Waals surface area contributed by atoms with Gasteiger partial charge in [-0.2, -0.15) is 10.2 Å². The Bertz CT molecular complexity index is 1570. The highest BCUT2D eigenvalue weighted by molar-refractivity contribution is 5.97. The molecule has 0 saturated heterocycles. The van der Waals surface area contributed by atoms with Gasteiger partial charge >= 0.3 is 5.97 Å². The van der Waals surface area contributed by atoms with Crippen LogP contribution in [0.15, 0.2) is 42.6 Å². The fourth-order valence-electron chi connectivity index (χ4n) is 4.13. The van der Waals surface area contributed by atoms with Gasteiger partial charge in [-0.1, -0.05) is 30.3 Å². The number of rotatable bonds is 7. The van der Waals surface area contributed by atoms with Crippen molar-refractivity contribution in [2.24, 2.45) is 14.1 Å². The molecule has 0 bridgehead atoms. The molecular formula is C25H26N8O3. The van der Waals surface area contributed by atoms with Gasteiger partial charge in [0.05, 0.1) is 18.8 Å². The summed E-state index contributed by atoms with van der Waals surface area (Å²) in [6.45, 7) is 4.91. The first-order chi connectivity index (χ1) is 17.4. The molecule has 1 aromatic carbocycles. The van der Waals surface area contributed by atoms with Gasteiger partial charge in [0.2, 0.25) is 5.82 Å². The number of aromatic nitrogens is 8. The van der Waals surface area contributed by atoms with Crippen LogP contribution in [0.1, 0.15) is 28.7 Å². The van der Waals surface area contributed by atoms with E-state index in [2.05, 4.69) is 20.3 Å². The van der Waals surface area contributed by atoms with E-state index in [1.165, 1.54) is 7.11 Å². The maximum atomic E-state index is 12.3. The number of benzene rings is 1. The lowest BCUT2D eigenvalue weighted by Gasteiger charge is -2.08. The van der Waals surface area contributed by atoms with Gasteiger partial charge < -0.3 is 9.47 Å². The average molecular weight is 487 g/mol. The molecule has 5 rings (SSSR count). The van der Waals surface area contributed by atoms with E-state index in [9.17, 15) is 4.79 Å². The second-order valence-electron chi connectivity index (χ2n) is 8.28. The SMILES string of the molecule is CCn1nc(C)c(OCc2ccccc2)c1-c1nc(-c2nc(C(=O)OC)cc3c2cnn3C)n(C)n1. The summed E-state index contributed by atoms with van der Waals surface area (Å²) in [6, 6.07) is 11.6. The van der Waals surface area contributed by atoms with Crippen LogP contribution in [-0.4, -0.2) is 52.4 Å². The third kappa shape index (κ3) is 3.98. The predicted molar refractivity (Wildman–Crippen MR) is 132 cm³/mol. The zero-order valence-corrected chi connectivity index (χ0v) is 20.8. The smallest absolute Gasteiger partial charge is 0.356 e. The first kappa shape index (κ1) is 23.2. The highest BCUT2D eigenvalue weighted by Gasteiger charge is 2.25. The molecule has 184 valence electrons. The Balaban J connectivity index is 1.62. The molecule has 0 N–H and O–H groups in total. The second-order valence-corrected chi connectivity index (χ2v) is 8.28. The molecule has 0 saturated carbocycles. The quantitative estimate of drug-likeness (QED) is 0.322. The van der Waals surface area contributed by atoms with Gasteiger partial charge in [-0.3, -0.25) is 9.36 Å². The van der Waals surface area contributed by atoms with Gasteiger partial charge in [0.1, 0.15) is 23.7 Å². The summed E-state index contributed by atoms with van der Waals surface area (Å²) in [6.07, 6.45) is 1.70. The minimum Gasteiger partial charge on any atom is -0.485 e. The van der Waals surface area contributed by atoms with Crippen molar-refractivity contribution in [3.8, 4) is 28.8 Å². The van der Waals surface area contributed by atoms with E-state index in [0.29, 0.717) is 41.9 Å². The Kier molecular flexibility index (Phi) is 5.96. The van der Waals surface area contributed by atoms with Gasteiger partial charge in [-0.25, -0.2) is 19.4 Å². The van der Waals surface area contributed by atoms with Crippen LogP contribution in [0.3, 0.4) is 0 Å². The first-order valence-corrected chi connectivity index (χ1v) is 11.5. The van der Waals surface area contributed by atoms with Crippen molar-refractivity contribution in [1.29, 1.82) is 0 Å². The maximum absolute atomic E-state index is 12.3. The number of esters is 1. The summed E-state index contributed by atoms with van der Waals surface area (Å²) >= 11 is 0. The van der Waals surface area contributed by atoms with Crippen LogP contribution >= 0.6 is 0 Å². The first-order valence-electron chi connectivity index (χ1n) is 11.5. The molecule has 11 heteroatoms.